The average Bonchev–Trinajstić information content (AvgIpc) is 3.66. The van der Waals surface area contributed by atoms with Gasteiger partial charge in [0.25, 0.3) is 5.91 Å². The number of nitrogens with one attached hydrogen (secondary N) is 2. The molecule has 1 saturated carbocycles. The molecule has 10 heteroatoms. The molecule has 0 spiro atoms. The minimum atomic E-state index is -1.12. The molecule has 0 aliphatic heterocycles. The minimum Gasteiger partial charge on any atom is -0.496 e. The predicted octanol–water partition coefficient (Wildman–Crippen LogP) is 2.68. The van der Waals surface area contributed by atoms with E-state index >= 15 is 0 Å². The molecule has 0 unspecified atom stereocenters. The lowest BCUT2D eigenvalue weighted by molar-refractivity contribution is -0.150. The summed E-state index contributed by atoms with van der Waals surface area (Å²) >= 11 is 0. The summed E-state index contributed by atoms with van der Waals surface area (Å²) in [5, 5.41) is 5.84. The van der Waals surface area contributed by atoms with Crippen LogP contribution in [-0.2, 0) is 14.3 Å². The Balaban J connectivity index is 1.56. The van der Waals surface area contributed by atoms with Crippen molar-refractivity contribution in [3.8, 4) is 17.2 Å². The molecule has 2 N–H and O–H groups in total. The van der Waals surface area contributed by atoms with E-state index in [0.29, 0.717) is 46.6 Å². The van der Waals surface area contributed by atoms with Crippen LogP contribution in [0.4, 0.5) is 5.82 Å². The van der Waals surface area contributed by atoms with E-state index in [4.69, 9.17) is 14.2 Å². The molecule has 1 aromatic carbocycles. The van der Waals surface area contributed by atoms with Crippen molar-refractivity contribution in [1.82, 2.24) is 15.3 Å². The van der Waals surface area contributed by atoms with Crippen molar-refractivity contribution < 1.29 is 28.6 Å². The molecule has 2 heterocycles. The van der Waals surface area contributed by atoms with Crippen molar-refractivity contribution in [1.29, 1.82) is 0 Å². The van der Waals surface area contributed by atoms with Crippen molar-refractivity contribution in [3.05, 3.63) is 48.3 Å². The minimum absolute atomic E-state index is 0.286. The summed E-state index contributed by atoms with van der Waals surface area (Å²) in [5.74, 6) is 0.276. The number of carbonyl (C=O) groups excluding carboxylic acids is 3. The fraction of sp³-hybridized carbons (Fsp3) is 0.261. The van der Waals surface area contributed by atoms with Crippen LogP contribution in [-0.4, -0.2) is 49.0 Å². The Bertz CT molecular complexity index is 1240. The maximum atomic E-state index is 12.5. The van der Waals surface area contributed by atoms with Gasteiger partial charge in [0, 0.05) is 24.7 Å². The van der Waals surface area contributed by atoms with E-state index in [1.54, 1.807) is 36.5 Å². The zero-order chi connectivity index (χ0) is 23.6. The summed E-state index contributed by atoms with van der Waals surface area (Å²) in [5.41, 5.74) is -0.182. The molecule has 1 aliphatic carbocycles. The number of anilines is 1. The molecule has 0 saturated heterocycles. The van der Waals surface area contributed by atoms with E-state index in [1.165, 1.54) is 27.5 Å². The first kappa shape index (κ1) is 22.0. The van der Waals surface area contributed by atoms with Crippen LogP contribution in [0.15, 0.2) is 42.7 Å². The second-order valence-corrected chi connectivity index (χ2v) is 7.47. The highest BCUT2D eigenvalue weighted by atomic mass is 16.5. The van der Waals surface area contributed by atoms with E-state index in [1.807, 2.05) is 0 Å². The van der Waals surface area contributed by atoms with Crippen LogP contribution in [0.1, 0.15) is 23.2 Å². The SMILES string of the molecule is CNC(=O)c1cc2c(Oc3ccc(NC(=O)C4(C(=O)OC)CC4)nc3)ccnc2cc1OC. The molecule has 0 radical (unpaired) electrons. The smallest absolute Gasteiger partial charge is 0.321 e. The van der Waals surface area contributed by atoms with Gasteiger partial charge in [0.05, 0.1) is 31.5 Å². The normalized spacial score (nSPS) is 13.7. The van der Waals surface area contributed by atoms with E-state index in [-0.39, 0.29) is 11.7 Å². The van der Waals surface area contributed by atoms with Crippen molar-refractivity contribution in [2.24, 2.45) is 5.41 Å². The van der Waals surface area contributed by atoms with Gasteiger partial charge >= 0.3 is 5.97 Å². The second kappa shape index (κ2) is 8.73. The Morgan fingerprint density at radius 3 is 2.42 bits per heavy atom. The first-order valence-electron chi connectivity index (χ1n) is 10.1. The fourth-order valence-electron chi connectivity index (χ4n) is 3.44. The number of esters is 1. The molecule has 2 amide bonds. The molecule has 1 fully saturated rings. The van der Waals surface area contributed by atoms with Gasteiger partial charge in [-0.3, -0.25) is 19.4 Å². The summed E-state index contributed by atoms with van der Waals surface area (Å²) in [6.07, 6.45) is 3.93. The Morgan fingerprint density at radius 1 is 1.03 bits per heavy atom. The molecule has 0 atom stereocenters. The highest BCUT2D eigenvalue weighted by molar-refractivity contribution is 6.11. The number of pyridine rings is 2. The lowest BCUT2D eigenvalue weighted by atomic mass is 10.1. The molecule has 4 rings (SSSR count). The zero-order valence-electron chi connectivity index (χ0n) is 18.3. The summed E-state index contributed by atoms with van der Waals surface area (Å²) in [7, 11) is 4.28. The lowest BCUT2D eigenvalue weighted by Crippen LogP contribution is -2.32. The molecule has 10 nitrogen and oxygen atoms in total. The van der Waals surface area contributed by atoms with Gasteiger partial charge in [0.1, 0.15) is 28.5 Å². The maximum Gasteiger partial charge on any atom is 0.321 e. The first-order valence-corrected chi connectivity index (χ1v) is 10.1. The summed E-state index contributed by atoms with van der Waals surface area (Å²) in [6.45, 7) is 0. The van der Waals surface area contributed by atoms with Crippen LogP contribution >= 0.6 is 0 Å². The van der Waals surface area contributed by atoms with Crippen molar-refractivity contribution >= 4 is 34.5 Å². The molecule has 2 aromatic heterocycles. The van der Waals surface area contributed by atoms with Gasteiger partial charge in [-0.05, 0) is 37.1 Å². The number of rotatable bonds is 7. The van der Waals surface area contributed by atoms with E-state index in [9.17, 15) is 14.4 Å². The van der Waals surface area contributed by atoms with Crippen LogP contribution in [0.3, 0.4) is 0 Å². The number of nitrogens with zero attached hydrogens (tertiary/aromatic N) is 2. The molecular formula is C23H22N4O6. The lowest BCUT2D eigenvalue weighted by Gasteiger charge is -2.13. The van der Waals surface area contributed by atoms with Gasteiger partial charge < -0.3 is 24.8 Å². The second-order valence-electron chi connectivity index (χ2n) is 7.47. The van der Waals surface area contributed by atoms with Crippen molar-refractivity contribution in [3.63, 3.8) is 0 Å². The molecular weight excluding hydrogens is 428 g/mol. The Labute approximate surface area is 189 Å². The van der Waals surface area contributed by atoms with Gasteiger partial charge in [-0.15, -0.1) is 0 Å². The van der Waals surface area contributed by atoms with E-state index in [2.05, 4.69) is 20.6 Å². The van der Waals surface area contributed by atoms with Crippen LogP contribution < -0.4 is 20.1 Å². The first-order chi connectivity index (χ1) is 15.9. The number of benzene rings is 1. The maximum absolute atomic E-state index is 12.5. The zero-order valence-corrected chi connectivity index (χ0v) is 18.3. The summed E-state index contributed by atoms with van der Waals surface area (Å²) < 4.78 is 16.0. The quantitative estimate of drug-likeness (QED) is 0.415. The molecule has 1 aliphatic rings. The van der Waals surface area contributed by atoms with Gasteiger partial charge in [-0.25, -0.2) is 4.98 Å². The summed E-state index contributed by atoms with van der Waals surface area (Å²) in [4.78, 5) is 45.1. The number of amides is 2. The van der Waals surface area contributed by atoms with Gasteiger partial charge in [-0.2, -0.15) is 0 Å². The Morgan fingerprint density at radius 2 is 1.82 bits per heavy atom. The number of aromatic nitrogens is 2. The van der Waals surface area contributed by atoms with Crippen molar-refractivity contribution in [2.45, 2.75) is 12.8 Å². The van der Waals surface area contributed by atoms with Gasteiger partial charge in [0.2, 0.25) is 5.91 Å². The fourth-order valence-corrected chi connectivity index (χ4v) is 3.44. The number of hydrogen-bond donors (Lipinski definition) is 2. The van der Waals surface area contributed by atoms with Crippen LogP contribution in [0.5, 0.6) is 17.2 Å². The number of fused-ring (bicyclic) bond motifs is 1. The van der Waals surface area contributed by atoms with E-state index < -0.39 is 17.3 Å². The number of carbonyl (C=O) groups is 3. The Hall–Kier alpha value is -4.21. The van der Waals surface area contributed by atoms with Crippen molar-refractivity contribution in [2.75, 3.05) is 26.6 Å². The molecule has 3 aromatic rings. The van der Waals surface area contributed by atoms with Crippen LogP contribution in [0.2, 0.25) is 0 Å². The van der Waals surface area contributed by atoms with Crippen LogP contribution in [0.25, 0.3) is 10.9 Å². The van der Waals surface area contributed by atoms with E-state index in [0.717, 1.165) is 0 Å². The monoisotopic (exact) mass is 450 g/mol. The molecule has 0 bridgehead atoms. The highest BCUT2D eigenvalue weighted by Crippen LogP contribution is 2.47. The van der Waals surface area contributed by atoms with Crippen LogP contribution in [0, 0.1) is 5.41 Å². The predicted molar refractivity (Wildman–Crippen MR) is 118 cm³/mol. The number of hydrogen-bond acceptors (Lipinski definition) is 8. The van der Waals surface area contributed by atoms with Gasteiger partial charge in [0.15, 0.2) is 0 Å². The standard InChI is InChI=1S/C23H22N4O6/c1-24-20(28)15-10-14-16(11-18(15)31-2)25-9-6-17(14)33-13-4-5-19(26-12-13)27-21(29)23(7-8-23)22(30)32-3/h4-6,9-12H,7-8H2,1-3H3,(H,24,28)(H,26,27,29). The largest absolute Gasteiger partial charge is 0.496 e. The topological polar surface area (TPSA) is 129 Å². The third-order valence-electron chi connectivity index (χ3n) is 5.46. The number of ether oxygens (including phenoxy) is 3. The molecule has 33 heavy (non-hydrogen) atoms. The third-order valence-corrected chi connectivity index (χ3v) is 5.46. The van der Waals surface area contributed by atoms with Gasteiger partial charge in [-0.1, -0.05) is 0 Å². The molecule has 170 valence electrons. The highest BCUT2D eigenvalue weighted by Gasteiger charge is 2.57. The third kappa shape index (κ3) is 4.14. The number of methoxy groups -OCH3 is 2. The Kier molecular flexibility index (Phi) is 5.82. The average molecular weight is 450 g/mol. The summed E-state index contributed by atoms with van der Waals surface area (Å²) in [6, 6.07) is 8.20.